The minimum Gasteiger partial charge on any atom is -0.377 e. The highest BCUT2D eigenvalue weighted by Crippen LogP contribution is 2.16. The Labute approximate surface area is 235 Å². The predicted molar refractivity (Wildman–Crippen MR) is 157 cm³/mol. The van der Waals surface area contributed by atoms with E-state index in [0.717, 1.165) is 25.7 Å². The Morgan fingerprint density at radius 1 is 1.05 bits per heavy atom. The maximum atomic E-state index is 11.6. The van der Waals surface area contributed by atoms with Crippen molar-refractivity contribution in [2.75, 3.05) is 27.9 Å². The van der Waals surface area contributed by atoms with Crippen LogP contribution in [-0.4, -0.2) is 77.9 Å². The van der Waals surface area contributed by atoms with Gasteiger partial charge in [-0.15, -0.1) is 0 Å². The summed E-state index contributed by atoms with van der Waals surface area (Å²) >= 11 is 5.23. The second-order valence-corrected chi connectivity index (χ2v) is 12.9. The van der Waals surface area contributed by atoms with Crippen molar-refractivity contribution in [2.24, 2.45) is 15.2 Å². The van der Waals surface area contributed by atoms with Gasteiger partial charge in [0.2, 0.25) is 5.11 Å². The molecule has 15 heteroatoms. The molecule has 1 heterocycles. The van der Waals surface area contributed by atoms with Gasteiger partial charge in [-0.05, 0) is 68.4 Å². The van der Waals surface area contributed by atoms with E-state index < -0.39 is 18.9 Å². The lowest BCUT2D eigenvalue weighted by Gasteiger charge is -2.23. The van der Waals surface area contributed by atoms with E-state index >= 15 is 0 Å². The van der Waals surface area contributed by atoms with Gasteiger partial charge in [0, 0.05) is 51.9 Å². The quantitative estimate of drug-likeness (QED) is 0.0659. The van der Waals surface area contributed by atoms with Crippen molar-refractivity contribution in [3.8, 4) is 0 Å². The maximum absolute atomic E-state index is 11.6. The van der Waals surface area contributed by atoms with Gasteiger partial charge in [0.1, 0.15) is 5.71 Å². The summed E-state index contributed by atoms with van der Waals surface area (Å²) in [7, 11) is -2.11. The summed E-state index contributed by atoms with van der Waals surface area (Å²) in [5, 5.41) is 8.51. The van der Waals surface area contributed by atoms with E-state index in [4.69, 9.17) is 25.5 Å². The van der Waals surface area contributed by atoms with Gasteiger partial charge in [0.15, 0.2) is 0 Å². The molecule has 0 fully saturated rings. The Balaban J connectivity index is 1.82. The highest BCUT2D eigenvalue weighted by Gasteiger charge is 2.36. The average molecular weight is 595 g/mol. The van der Waals surface area contributed by atoms with Crippen LogP contribution in [0.3, 0.4) is 0 Å². The van der Waals surface area contributed by atoms with Gasteiger partial charge in [-0.3, -0.25) is 25.4 Å². The van der Waals surface area contributed by atoms with E-state index in [1.54, 1.807) is 58.0 Å². The number of nitrogens with one attached hydrogen (secondary N) is 2. The molecule has 0 unspecified atom stereocenters. The summed E-state index contributed by atoms with van der Waals surface area (Å²) in [6.07, 6.45) is 8.41. The van der Waals surface area contributed by atoms with Crippen LogP contribution in [-0.2, 0) is 23.4 Å². The molecule has 0 aliphatic heterocycles. The summed E-state index contributed by atoms with van der Waals surface area (Å²) in [5.74, 6) is 0. The number of aliphatic imine (C=N–C) groups is 1. The molecule has 0 radical (unpaired) electrons. The fraction of sp³-hybridized carbons (Fsp3) is 0.375. The first kappa shape index (κ1) is 32.3. The van der Waals surface area contributed by atoms with Crippen LogP contribution < -0.4 is 10.9 Å². The second-order valence-electron chi connectivity index (χ2n) is 7.96. The van der Waals surface area contributed by atoms with Crippen LogP contribution in [0.5, 0.6) is 0 Å². The van der Waals surface area contributed by atoms with E-state index in [2.05, 4.69) is 31.0 Å². The molecular formula is C24H34N6O6S2Si. The van der Waals surface area contributed by atoms with E-state index in [9.17, 15) is 13.0 Å². The number of thiocarbonyl (C=S) groups is 1. The normalized spacial score (nSPS) is 12.8. The Morgan fingerprint density at radius 2 is 1.79 bits per heavy atom. The van der Waals surface area contributed by atoms with E-state index in [0.29, 0.717) is 29.6 Å². The Bertz CT molecular complexity index is 1230. The van der Waals surface area contributed by atoms with Crippen LogP contribution in [0.2, 0.25) is 6.04 Å². The summed E-state index contributed by atoms with van der Waals surface area (Å²) in [6, 6.07) is 11.7. The highest BCUT2D eigenvalue weighted by atomic mass is 32.2. The van der Waals surface area contributed by atoms with Crippen molar-refractivity contribution in [3.63, 3.8) is 0 Å². The first-order chi connectivity index (χ1) is 18.7. The van der Waals surface area contributed by atoms with Crippen LogP contribution in [0, 0.1) is 0 Å². The third kappa shape index (κ3) is 11.4. The predicted octanol–water partition coefficient (Wildman–Crippen LogP) is 3.04. The molecule has 2 rings (SSSR count). The largest absolute Gasteiger partial charge is 0.500 e. The van der Waals surface area contributed by atoms with Gasteiger partial charge in [0.25, 0.3) is 10.1 Å². The van der Waals surface area contributed by atoms with Crippen molar-refractivity contribution in [2.45, 2.75) is 36.6 Å². The monoisotopic (exact) mass is 594 g/mol. The van der Waals surface area contributed by atoms with Crippen molar-refractivity contribution >= 4 is 54.4 Å². The number of benzene rings is 1. The molecule has 0 bridgehead atoms. The molecule has 0 atom stereocenters. The fourth-order valence-corrected chi connectivity index (χ4v) is 5.63. The minimum absolute atomic E-state index is 0.134. The van der Waals surface area contributed by atoms with E-state index in [1.807, 2.05) is 6.21 Å². The van der Waals surface area contributed by atoms with E-state index in [1.165, 1.54) is 18.2 Å². The number of nitrogens with zero attached hydrogens (tertiary/aromatic N) is 4. The molecule has 12 nitrogen and oxygen atoms in total. The molecule has 212 valence electrons. The zero-order valence-electron chi connectivity index (χ0n) is 22.1. The zero-order chi connectivity index (χ0) is 28.6. The number of aromatic nitrogens is 1. The number of pyridine rings is 1. The first-order valence-corrected chi connectivity index (χ1v) is 15.8. The minimum atomic E-state index is -4.38. The van der Waals surface area contributed by atoms with Gasteiger partial charge < -0.3 is 13.3 Å². The lowest BCUT2D eigenvalue weighted by atomic mass is 10.1. The van der Waals surface area contributed by atoms with Crippen molar-refractivity contribution in [3.05, 3.63) is 59.9 Å². The van der Waals surface area contributed by atoms with E-state index in [-0.39, 0.29) is 10.0 Å². The number of rotatable bonds is 16. The zero-order valence-corrected chi connectivity index (χ0v) is 24.7. The molecule has 0 saturated heterocycles. The second kappa shape index (κ2) is 16.9. The number of hydrazone groups is 2. The molecule has 0 saturated carbocycles. The Kier molecular flexibility index (Phi) is 14.0. The van der Waals surface area contributed by atoms with Gasteiger partial charge in [-0.1, -0.05) is 18.2 Å². The molecule has 0 amide bonds. The number of unbranched alkanes of at least 4 members (excludes halogenated alkanes) is 2. The SMILES string of the molecule is CO[Si](CCCN=CCCC/C=N/NC(=S)N/N=C(/c1cccc(S(=O)(=O)O)c1)c1ccccn1)(OC)OC. The van der Waals surface area contributed by atoms with Crippen molar-refractivity contribution < 1.29 is 26.2 Å². The fourth-order valence-electron chi connectivity index (χ4n) is 3.30. The lowest BCUT2D eigenvalue weighted by Crippen LogP contribution is -2.42. The van der Waals surface area contributed by atoms with Crippen LogP contribution in [0.15, 0.2) is 68.8 Å². The van der Waals surface area contributed by atoms with Gasteiger partial charge in [-0.2, -0.15) is 18.6 Å². The van der Waals surface area contributed by atoms with Crippen LogP contribution in [0.1, 0.15) is 36.9 Å². The molecule has 39 heavy (non-hydrogen) atoms. The maximum Gasteiger partial charge on any atom is 0.500 e. The summed E-state index contributed by atoms with van der Waals surface area (Å²) < 4.78 is 48.7. The third-order valence-electron chi connectivity index (χ3n) is 5.34. The molecule has 3 N–H and O–H groups in total. The van der Waals surface area contributed by atoms with Crippen LogP contribution in [0.25, 0.3) is 0 Å². The van der Waals surface area contributed by atoms with Gasteiger partial charge in [-0.25, -0.2) is 0 Å². The molecule has 0 aliphatic carbocycles. The highest BCUT2D eigenvalue weighted by molar-refractivity contribution is 7.85. The summed E-state index contributed by atoms with van der Waals surface area (Å²) in [4.78, 5) is 8.42. The Morgan fingerprint density at radius 3 is 2.46 bits per heavy atom. The summed E-state index contributed by atoms with van der Waals surface area (Å²) in [5.41, 5.74) is 6.60. The van der Waals surface area contributed by atoms with Crippen LogP contribution in [0.4, 0.5) is 0 Å². The van der Waals surface area contributed by atoms with Crippen molar-refractivity contribution in [1.82, 2.24) is 15.8 Å². The summed E-state index contributed by atoms with van der Waals surface area (Å²) in [6.45, 7) is 0.682. The molecule has 1 aromatic carbocycles. The molecule has 0 aliphatic rings. The number of hydrogen-bond acceptors (Lipinski definition) is 10. The first-order valence-electron chi connectivity index (χ1n) is 12.0. The van der Waals surface area contributed by atoms with Gasteiger partial charge in [0.05, 0.1) is 10.6 Å². The number of hydrogen-bond donors (Lipinski definition) is 3. The third-order valence-corrected chi connectivity index (χ3v) is 9.20. The molecular weight excluding hydrogens is 561 g/mol. The molecule has 2 aromatic rings. The van der Waals surface area contributed by atoms with Gasteiger partial charge >= 0.3 is 8.80 Å². The Hall–Kier alpha value is -2.92. The average Bonchev–Trinajstić information content (AvgIpc) is 2.94. The van der Waals surface area contributed by atoms with Crippen LogP contribution >= 0.6 is 12.2 Å². The lowest BCUT2D eigenvalue weighted by molar-refractivity contribution is 0.123. The smallest absolute Gasteiger partial charge is 0.377 e. The molecule has 1 aromatic heterocycles. The molecule has 0 spiro atoms. The standard InChI is InChI=1S/C24H34N6O6S2Si/c1-34-39(35-2,36-3)18-10-15-25-14-6-4-7-17-27-29-24(37)30-28-23(22-13-5-8-16-26-22)20-11-9-12-21(19-20)38(31,32)33/h5,8-9,11-14,16-17,19H,4,6-7,10,15,18H2,1-3H3,(H2,29,30,37)(H,31,32,33)/b25-14?,27-17+,28-23-. The van der Waals surface area contributed by atoms with Crippen molar-refractivity contribution in [1.29, 1.82) is 0 Å². The topological polar surface area (TPSA) is 156 Å².